The first kappa shape index (κ1) is 23.5. The lowest BCUT2D eigenvalue weighted by Gasteiger charge is -2.12. The van der Waals surface area contributed by atoms with Gasteiger partial charge in [0.25, 0.3) is 5.91 Å². The predicted octanol–water partition coefficient (Wildman–Crippen LogP) is 4.78. The Balaban J connectivity index is 1.78. The number of aromatic nitrogens is 2. The van der Waals surface area contributed by atoms with Crippen LogP contribution in [-0.4, -0.2) is 28.4 Å². The van der Waals surface area contributed by atoms with Crippen LogP contribution in [0.25, 0.3) is 22.2 Å². The van der Waals surface area contributed by atoms with Crippen LogP contribution < -0.4 is 15.8 Å². The van der Waals surface area contributed by atoms with E-state index in [0.717, 1.165) is 10.9 Å². The Bertz CT molecular complexity index is 1450. The number of anilines is 1. The summed E-state index contributed by atoms with van der Waals surface area (Å²) in [5.74, 6) is 2.31. The van der Waals surface area contributed by atoms with Crippen molar-refractivity contribution in [1.29, 1.82) is 0 Å². The highest BCUT2D eigenvalue weighted by Crippen LogP contribution is 2.30. The minimum Gasteiger partial charge on any atom is -0.481 e. The second-order valence-electron chi connectivity index (χ2n) is 8.24. The van der Waals surface area contributed by atoms with Crippen molar-refractivity contribution in [2.24, 2.45) is 5.73 Å². The van der Waals surface area contributed by atoms with Crippen molar-refractivity contribution in [2.45, 2.75) is 19.8 Å². The Kier molecular flexibility index (Phi) is 6.74. The molecule has 3 aromatic carbocycles. The van der Waals surface area contributed by atoms with Crippen molar-refractivity contribution in [3.63, 3.8) is 0 Å². The van der Waals surface area contributed by atoms with Gasteiger partial charge in [0.2, 0.25) is 11.7 Å². The number of nitrogens with one attached hydrogen (secondary N) is 1. The van der Waals surface area contributed by atoms with E-state index in [0.29, 0.717) is 28.6 Å². The van der Waals surface area contributed by atoms with E-state index in [1.807, 2.05) is 30.3 Å². The van der Waals surface area contributed by atoms with E-state index in [2.05, 4.69) is 35.1 Å². The van der Waals surface area contributed by atoms with Crippen LogP contribution in [0, 0.1) is 12.3 Å². The van der Waals surface area contributed by atoms with Gasteiger partial charge in [0.1, 0.15) is 12.4 Å². The van der Waals surface area contributed by atoms with Crippen LogP contribution >= 0.6 is 0 Å². The summed E-state index contributed by atoms with van der Waals surface area (Å²) < 4.78 is 5.58. The highest BCUT2D eigenvalue weighted by molar-refractivity contribution is 6.05. The second-order valence-corrected chi connectivity index (χ2v) is 8.24. The lowest BCUT2D eigenvalue weighted by Crippen LogP contribution is -2.17. The van der Waals surface area contributed by atoms with Crippen molar-refractivity contribution in [3.05, 3.63) is 83.7 Å². The third kappa shape index (κ3) is 5.28. The molecular weight excluding hydrogens is 440 g/mol. The van der Waals surface area contributed by atoms with Crippen LogP contribution in [0.5, 0.6) is 5.75 Å². The molecule has 0 radical (unpaired) electrons. The summed E-state index contributed by atoms with van der Waals surface area (Å²) in [6.07, 6.45) is 5.32. The number of fused-ring (bicyclic) bond motifs is 1. The van der Waals surface area contributed by atoms with Gasteiger partial charge in [0.15, 0.2) is 0 Å². The zero-order valence-electron chi connectivity index (χ0n) is 19.4. The summed E-state index contributed by atoms with van der Waals surface area (Å²) in [4.78, 5) is 33.6. The number of hydrogen-bond donors (Lipinski definition) is 2. The van der Waals surface area contributed by atoms with Gasteiger partial charge >= 0.3 is 0 Å². The molecule has 4 rings (SSSR count). The number of carbonyl (C=O) groups excluding carboxylic acids is 2. The monoisotopic (exact) mass is 464 g/mol. The molecule has 2 amide bonds. The van der Waals surface area contributed by atoms with E-state index < -0.39 is 11.8 Å². The van der Waals surface area contributed by atoms with E-state index >= 15 is 0 Å². The largest absolute Gasteiger partial charge is 0.481 e. The molecule has 0 fully saturated rings. The number of amides is 2. The molecule has 0 bridgehead atoms. The Labute approximate surface area is 203 Å². The average molecular weight is 465 g/mol. The normalized spacial score (nSPS) is 10.7. The molecule has 3 N–H and O–H groups in total. The fraction of sp³-hybridized carbons (Fsp3) is 0.143. The Morgan fingerprint density at radius 3 is 2.51 bits per heavy atom. The lowest BCUT2D eigenvalue weighted by atomic mass is 9.99. The Morgan fingerprint density at radius 1 is 1.06 bits per heavy atom. The molecule has 0 aliphatic rings. The summed E-state index contributed by atoms with van der Waals surface area (Å²) in [6, 6.07) is 19.7. The molecule has 1 aromatic heterocycles. The predicted molar refractivity (Wildman–Crippen MR) is 136 cm³/mol. The molecule has 0 aliphatic heterocycles. The SMILES string of the molecule is C#CCOc1ccc2nc(C(=O)Nc3cccc(C(N)=O)c3)nc(-c3ccc(C(C)C)cc3)c2c1. The van der Waals surface area contributed by atoms with Crippen molar-refractivity contribution in [2.75, 3.05) is 11.9 Å². The maximum absolute atomic E-state index is 13.1. The van der Waals surface area contributed by atoms with Gasteiger partial charge in [0.05, 0.1) is 11.2 Å². The van der Waals surface area contributed by atoms with Crippen LogP contribution in [0.15, 0.2) is 66.7 Å². The smallest absolute Gasteiger partial charge is 0.293 e. The van der Waals surface area contributed by atoms with Gasteiger partial charge in [-0.15, -0.1) is 6.42 Å². The van der Waals surface area contributed by atoms with Crippen LogP contribution in [-0.2, 0) is 0 Å². The van der Waals surface area contributed by atoms with Crippen LogP contribution in [0.2, 0.25) is 0 Å². The molecule has 174 valence electrons. The van der Waals surface area contributed by atoms with Gasteiger partial charge in [-0.3, -0.25) is 9.59 Å². The molecule has 7 heteroatoms. The van der Waals surface area contributed by atoms with Gasteiger partial charge in [-0.05, 0) is 47.9 Å². The van der Waals surface area contributed by atoms with Crippen molar-refractivity contribution < 1.29 is 14.3 Å². The third-order valence-electron chi connectivity index (χ3n) is 5.45. The highest BCUT2D eigenvalue weighted by atomic mass is 16.5. The summed E-state index contributed by atoms with van der Waals surface area (Å²) >= 11 is 0. The number of benzene rings is 3. The quantitative estimate of drug-likeness (QED) is 0.383. The maximum atomic E-state index is 13.1. The van der Waals surface area contributed by atoms with E-state index in [4.69, 9.17) is 16.9 Å². The third-order valence-corrected chi connectivity index (χ3v) is 5.45. The number of carbonyl (C=O) groups is 2. The molecule has 1 heterocycles. The summed E-state index contributed by atoms with van der Waals surface area (Å²) in [7, 11) is 0. The van der Waals surface area contributed by atoms with Gasteiger partial charge < -0.3 is 15.8 Å². The Morgan fingerprint density at radius 2 is 1.83 bits per heavy atom. The zero-order chi connectivity index (χ0) is 24.9. The van der Waals surface area contributed by atoms with Crippen molar-refractivity contribution >= 4 is 28.4 Å². The number of primary amides is 1. The number of nitrogens with two attached hydrogens (primary N) is 1. The average Bonchev–Trinajstić information content (AvgIpc) is 2.86. The minimum atomic E-state index is -0.585. The van der Waals surface area contributed by atoms with Gasteiger partial charge in [-0.1, -0.05) is 50.1 Å². The summed E-state index contributed by atoms with van der Waals surface area (Å²) in [5.41, 5.74) is 9.24. The van der Waals surface area contributed by atoms with Crippen LogP contribution in [0.3, 0.4) is 0 Å². The number of ether oxygens (including phenoxy) is 1. The standard InChI is InChI=1S/C28H24N4O3/c1-4-14-35-22-12-13-24-23(16-22)25(19-10-8-18(9-11-19)17(2)3)32-27(31-24)28(34)30-21-7-5-6-20(15-21)26(29)33/h1,5-13,15-17H,14H2,2-3H3,(H2,29,33)(H,30,34). The molecule has 0 saturated carbocycles. The topological polar surface area (TPSA) is 107 Å². The van der Waals surface area contributed by atoms with E-state index in [-0.39, 0.29) is 18.0 Å². The zero-order valence-corrected chi connectivity index (χ0v) is 19.4. The molecule has 35 heavy (non-hydrogen) atoms. The first-order valence-corrected chi connectivity index (χ1v) is 11.1. The van der Waals surface area contributed by atoms with Gasteiger partial charge in [-0.25, -0.2) is 9.97 Å². The number of rotatable bonds is 7. The van der Waals surface area contributed by atoms with Crippen LogP contribution in [0.1, 0.15) is 46.3 Å². The maximum Gasteiger partial charge on any atom is 0.293 e. The molecule has 4 aromatic rings. The Hall–Kier alpha value is -4.70. The minimum absolute atomic E-state index is 0.0118. The number of terminal acetylenes is 1. The molecule has 7 nitrogen and oxygen atoms in total. The first-order chi connectivity index (χ1) is 16.9. The molecule has 0 saturated heterocycles. The fourth-order valence-electron chi connectivity index (χ4n) is 3.61. The molecular formula is C28H24N4O3. The van der Waals surface area contributed by atoms with E-state index in [1.54, 1.807) is 30.3 Å². The number of hydrogen-bond acceptors (Lipinski definition) is 5. The summed E-state index contributed by atoms with van der Waals surface area (Å²) in [5, 5.41) is 3.47. The molecule has 0 spiro atoms. The van der Waals surface area contributed by atoms with E-state index in [9.17, 15) is 9.59 Å². The number of nitrogens with zero attached hydrogens (tertiary/aromatic N) is 2. The lowest BCUT2D eigenvalue weighted by molar-refractivity contribution is 0.0994. The van der Waals surface area contributed by atoms with Crippen molar-refractivity contribution in [1.82, 2.24) is 9.97 Å². The van der Waals surface area contributed by atoms with Gasteiger partial charge in [-0.2, -0.15) is 0 Å². The van der Waals surface area contributed by atoms with Crippen LogP contribution in [0.4, 0.5) is 5.69 Å². The molecule has 0 aliphatic carbocycles. The second kappa shape index (κ2) is 10.1. The molecule has 0 unspecified atom stereocenters. The summed E-state index contributed by atoms with van der Waals surface area (Å²) in [6.45, 7) is 4.38. The first-order valence-electron chi connectivity index (χ1n) is 11.1. The fourth-order valence-corrected chi connectivity index (χ4v) is 3.61. The van der Waals surface area contributed by atoms with E-state index in [1.165, 1.54) is 11.6 Å². The van der Waals surface area contributed by atoms with Crippen molar-refractivity contribution in [3.8, 4) is 29.4 Å². The molecule has 0 atom stereocenters. The van der Waals surface area contributed by atoms with Gasteiger partial charge in [0, 0.05) is 22.2 Å². The highest BCUT2D eigenvalue weighted by Gasteiger charge is 2.17.